The van der Waals surface area contributed by atoms with E-state index in [1.165, 1.54) is 24.9 Å². The molecule has 16 heavy (non-hydrogen) atoms. The van der Waals surface area contributed by atoms with Crippen molar-refractivity contribution >= 4 is 13.3 Å². The minimum atomic E-state index is -3.29. The lowest BCUT2D eigenvalue weighted by Crippen LogP contribution is -1.99. The molecule has 0 amide bonds. The van der Waals surface area contributed by atoms with E-state index in [-0.39, 0.29) is 18.0 Å². The number of nitro benzene ring substituents is 1. The highest BCUT2D eigenvalue weighted by Gasteiger charge is 2.23. The highest BCUT2D eigenvalue weighted by atomic mass is 31.2. The summed E-state index contributed by atoms with van der Waals surface area (Å²) in [6.07, 6.45) is 0. The van der Waals surface area contributed by atoms with E-state index in [1.807, 2.05) is 0 Å². The maximum absolute atomic E-state index is 11.7. The summed E-state index contributed by atoms with van der Waals surface area (Å²) in [5.74, 6) is -0.0493. The molecule has 0 aliphatic heterocycles. The van der Waals surface area contributed by atoms with Gasteiger partial charge in [-0.1, -0.05) is 12.1 Å². The van der Waals surface area contributed by atoms with E-state index in [9.17, 15) is 14.7 Å². The van der Waals surface area contributed by atoms with Gasteiger partial charge in [0, 0.05) is 12.7 Å². The highest BCUT2D eigenvalue weighted by Crippen LogP contribution is 2.46. The lowest BCUT2D eigenvalue weighted by molar-refractivity contribution is -0.385. The van der Waals surface area contributed by atoms with Crippen molar-refractivity contribution in [1.29, 1.82) is 0 Å². The van der Waals surface area contributed by atoms with Crippen molar-refractivity contribution in [3.8, 4) is 5.75 Å². The van der Waals surface area contributed by atoms with Crippen LogP contribution in [0.1, 0.15) is 6.92 Å². The Bertz CT molecular complexity index is 434. The number of hydrogen-bond donors (Lipinski definition) is 0. The Balaban J connectivity index is 2.97. The van der Waals surface area contributed by atoms with E-state index in [2.05, 4.69) is 0 Å². The van der Waals surface area contributed by atoms with Crippen LogP contribution in [-0.4, -0.2) is 18.2 Å². The quantitative estimate of drug-likeness (QED) is 0.452. The Hall–Kier alpha value is -1.39. The second-order valence-electron chi connectivity index (χ2n) is 3.01. The highest BCUT2D eigenvalue weighted by molar-refractivity contribution is 7.53. The van der Waals surface area contributed by atoms with Crippen LogP contribution in [0.25, 0.3) is 0 Å². The first-order valence-corrected chi connectivity index (χ1v) is 6.60. The topological polar surface area (TPSA) is 78.7 Å². The minimum Gasteiger partial charge on any atom is -0.417 e. The first kappa shape index (κ1) is 12.7. The predicted octanol–water partition coefficient (Wildman–Crippen LogP) is 2.83. The maximum atomic E-state index is 11.7. The lowest BCUT2D eigenvalue weighted by Gasteiger charge is -2.13. The van der Waals surface area contributed by atoms with Gasteiger partial charge in [-0.05, 0) is 13.0 Å². The number of nitrogens with zero attached hydrogens (tertiary/aromatic N) is 1. The maximum Gasteiger partial charge on any atom is 0.376 e. The third-order valence-corrected chi connectivity index (χ3v) is 2.95. The molecular weight excluding hydrogens is 233 g/mol. The average molecular weight is 245 g/mol. The summed E-state index contributed by atoms with van der Waals surface area (Å²) >= 11 is 0. The largest absolute Gasteiger partial charge is 0.417 e. The van der Waals surface area contributed by atoms with Crippen molar-refractivity contribution in [3.63, 3.8) is 0 Å². The fraction of sp³-hybridized carbons (Fsp3) is 0.333. The summed E-state index contributed by atoms with van der Waals surface area (Å²) in [6.45, 7) is 3.15. The molecular formula is C9H12NO5P. The predicted molar refractivity (Wildman–Crippen MR) is 58.9 cm³/mol. The van der Waals surface area contributed by atoms with Crippen LogP contribution in [0.2, 0.25) is 0 Å². The van der Waals surface area contributed by atoms with Gasteiger partial charge in [-0.25, -0.2) is 4.57 Å². The standard InChI is InChI=1S/C9H12NO5P/c1-3-14-16(2,13)15-9-7-5-4-6-8(9)10(11)12/h4-7H,3H2,1-2H3. The van der Waals surface area contributed by atoms with Crippen LogP contribution in [0.4, 0.5) is 5.69 Å². The van der Waals surface area contributed by atoms with Crippen LogP contribution in [-0.2, 0) is 9.09 Å². The number of para-hydroxylation sites is 2. The Kier molecular flexibility index (Phi) is 4.04. The van der Waals surface area contributed by atoms with Crippen LogP contribution in [0.3, 0.4) is 0 Å². The van der Waals surface area contributed by atoms with Gasteiger partial charge in [0.15, 0.2) is 0 Å². The molecule has 1 rings (SSSR count). The molecule has 0 radical (unpaired) electrons. The van der Waals surface area contributed by atoms with Gasteiger partial charge in [-0.2, -0.15) is 0 Å². The number of nitro groups is 1. The molecule has 7 heteroatoms. The van der Waals surface area contributed by atoms with Gasteiger partial charge >= 0.3 is 13.3 Å². The fourth-order valence-electron chi connectivity index (χ4n) is 1.12. The summed E-state index contributed by atoms with van der Waals surface area (Å²) < 4.78 is 21.6. The van der Waals surface area contributed by atoms with Gasteiger partial charge in [0.25, 0.3) is 0 Å². The van der Waals surface area contributed by atoms with Crippen LogP contribution in [0.5, 0.6) is 5.75 Å². The zero-order valence-corrected chi connectivity index (χ0v) is 9.85. The minimum absolute atomic E-state index is 0.0493. The normalized spacial score (nSPS) is 14.1. The first-order valence-electron chi connectivity index (χ1n) is 4.61. The van der Waals surface area contributed by atoms with Gasteiger partial charge in [0.1, 0.15) is 0 Å². The SMILES string of the molecule is CCOP(C)(=O)Oc1ccccc1[N+](=O)[O-]. The molecule has 1 aromatic rings. The molecule has 0 N–H and O–H groups in total. The Morgan fingerprint density at radius 3 is 2.62 bits per heavy atom. The van der Waals surface area contributed by atoms with Crippen LogP contribution in [0, 0.1) is 10.1 Å². The molecule has 0 bridgehead atoms. The zero-order valence-electron chi connectivity index (χ0n) is 8.95. The van der Waals surface area contributed by atoms with Crippen molar-refractivity contribution in [2.45, 2.75) is 6.92 Å². The number of hydrogen-bond acceptors (Lipinski definition) is 5. The summed E-state index contributed by atoms with van der Waals surface area (Å²) in [5, 5.41) is 10.7. The third-order valence-electron chi connectivity index (χ3n) is 1.69. The molecule has 0 aliphatic carbocycles. The van der Waals surface area contributed by atoms with Gasteiger partial charge < -0.3 is 9.05 Å². The zero-order chi connectivity index (χ0) is 12.2. The Labute approximate surface area is 92.9 Å². The third kappa shape index (κ3) is 3.32. The monoisotopic (exact) mass is 245 g/mol. The van der Waals surface area contributed by atoms with Crippen LogP contribution >= 0.6 is 7.60 Å². The molecule has 6 nitrogen and oxygen atoms in total. The summed E-state index contributed by atoms with van der Waals surface area (Å²) in [6, 6.07) is 5.73. The molecule has 0 saturated heterocycles. The van der Waals surface area contributed by atoms with Gasteiger partial charge in [-0.3, -0.25) is 10.1 Å². The molecule has 1 unspecified atom stereocenters. The van der Waals surface area contributed by atoms with E-state index in [4.69, 9.17) is 9.05 Å². The van der Waals surface area contributed by atoms with Crippen molar-refractivity contribution in [2.75, 3.05) is 13.3 Å². The molecule has 0 saturated carbocycles. The molecule has 0 aliphatic rings. The fourth-order valence-corrected chi connectivity index (χ4v) is 2.16. The van der Waals surface area contributed by atoms with E-state index < -0.39 is 12.5 Å². The van der Waals surface area contributed by atoms with Crippen LogP contribution < -0.4 is 4.52 Å². The van der Waals surface area contributed by atoms with Crippen molar-refractivity contribution in [1.82, 2.24) is 0 Å². The van der Waals surface area contributed by atoms with Gasteiger partial charge in [0.05, 0.1) is 11.5 Å². The first-order chi connectivity index (χ1) is 7.46. The second-order valence-corrected chi connectivity index (χ2v) is 4.99. The van der Waals surface area contributed by atoms with Gasteiger partial charge in [0.2, 0.25) is 5.75 Å². The average Bonchev–Trinajstić information content (AvgIpc) is 2.17. The second kappa shape index (κ2) is 5.09. The lowest BCUT2D eigenvalue weighted by atomic mass is 10.3. The van der Waals surface area contributed by atoms with Crippen molar-refractivity contribution in [2.24, 2.45) is 0 Å². The summed E-state index contributed by atoms with van der Waals surface area (Å²) in [7, 11) is -3.29. The van der Waals surface area contributed by atoms with Crippen LogP contribution in [0.15, 0.2) is 24.3 Å². The van der Waals surface area contributed by atoms with Gasteiger partial charge in [-0.15, -0.1) is 0 Å². The van der Waals surface area contributed by atoms with E-state index in [0.29, 0.717) is 0 Å². The summed E-state index contributed by atoms with van der Waals surface area (Å²) in [4.78, 5) is 10.1. The molecule has 88 valence electrons. The van der Waals surface area contributed by atoms with E-state index in [0.717, 1.165) is 0 Å². The van der Waals surface area contributed by atoms with Crippen molar-refractivity contribution in [3.05, 3.63) is 34.4 Å². The Morgan fingerprint density at radius 2 is 2.06 bits per heavy atom. The summed E-state index contributed by atoms with van der Waals surface area (Å²) in [5.41, 5.74) is -0.232. The Morgan fingerprint density at radius 1 is 1.44 bits per heavy atom. The number of rotatable bonds is 5. The molecule has 0 fully saturated rings. The van der Waals surface area contributed by atoms with Crippen molar-refractivity contribution < 1.29 is 18.5 Å². The molecule has 0 spiro atoms. The molecule has 1 atom stereocenters. The van der Waals surface area contributed by atoms with E-state index in [1.54, 1.807) is 13.0 Å². The molecule has 0 aromatic heterocycles. The smallest absolute Gasteiger partial charge is 0.376 e. The number of benzene rings is 1. The molecule has 1 aromatic carbocycles. The molecule has 0 heterocycles. The van der Waals surface area contributed by atoms with E-state index >= 15 is 0 Å².